The summed E-state index contributed by atoms with van der Waals surface area (Å²) in [7, 11) is 0. The number of carbonyl (C=O) groups is 1. The van der Waals surface area contributed by atoms with Crippen LogP contribution in [0.2, 0.25) is 0 Å². The van der Waals surface area contributed by atoms with E-state index in [1.165, 1.54) is 0 Å². The smallest absolute Gasteiger partial charge is 0.356 e. The highest BCUT2D eigenvalue weighted by Crippen LogP contribution is 2.30. The summed E-state index contributed by atoms with van der Waals surface area (Å²) >= 11 is 0. The zero-order valence-corrected chi connectivity index (χ0v) is 11.2. The maximum atomic E-state index is 11.5. The van der Waals surface area contributed by atoms with Gasteiger partial charge in [0.25, 0.3) is 0 Å². The Morgan fingerprint density at radius 2 is 1.95 bits per heavy atom. The summed E-state index contributed by atoms with van der Waals surface area (Å²) in [6.45, 7) is 0.763. The van der Waals surface area contributed by atoms with Gasteiger partial charge in [-0.05, 0) is 17.7 Å². The minimum atomic E-state index is -1.14. The third-order valence-electron chi connectivity index (χ3n) is 3.45. The Kier molecular flexibility index (Phi) is 3.31. The molecule has 1 aliphatic heterocycles. The van der Waals surface area contributed by atoms with Crippen molar-refractivity contribution < 1.29 is 15.0 Å². The lowest BCUT2D eigenvalue weighted by atomic mass is 10.0. The molecule has 2 aromatic rings. The Morgan fingerprint density at radius 1 is 1.19 bits per heavy atom. The van der Waals surface area contributed by atoms with Crippen LogP contribution in [0.15, 0.2) is 54.4 Å². The predicted octanol–water partition coefficient (Wildman–Crippen LogP) is 2.41. The topological polar surface area (TPSA) is 73.7 Å². The van der Waals surface area contributed by atoms with Crippen molar-refractivity contribution in [3.05, 3.63) is 71.2 Å². The van der Waals surface area contributed by atoms with Gasteiger partial charge >= 0.3 is 5.97 Å². The SMILES string of the molecule is O=C(O)C1=C(O)c2cccnc2CN1Cc1ccccc1. The number of rotatable bonds is 3. The van der Waals surface area contributed by atoms with E-state index in [9.17, 15) is 15.0 Å². The van der Waals surface area contributed by atoms with Crippen LogP contribution in [0.4, 0.5) is 0 Å². The molecule has 0 atom stereocenters. The van der Waals surface area contributed by atoms with Crippen LogP contribution >= 0.6 is 0 Å². The summed E-state index contributed by atoms with van der Waals surface area (Å²) in [6.07, 6.45) is 1.64. The van der Waals surface area contributed by atoms with Crippen LogP contribution in [0.3, 0.4) is 0 Å². The number of pyridine rings is 1. The van der Waals surface area contributed by atoms with E-state index in [1.54, 1.807) is 23.2 Å². The van der Waals surface area contributed by atoms with Crippen molar-refractivity contribution in [1.29, 1.82) is 0 Å². The second-order valence-electron chi connectivity index (χ2n) is 4.84. The fourth-order valence-electron chi connectivity index (χ4n) is 2.49. The number of hydrogen-bond donors (Lipinski definition) is 2. The number of benzene rings is 1. The standard InChI is InChI=1S/C16H14N2O3/c19-15-12-7-4-8-17-13(12)10-18(14(15)16(20)21)9-11-5-2-1-3-6-11/h1-8,19H,9-10H2,(H,20,21). The van der Waals surface area contributed by atoms with E-state index >= 15 is 0 Å². The first-order valence-electron chi connectivity index (χ1n) is 6.56. The fourth-order valence-corrected chi connectivity index (χ4v) is 2.49. The first-order chi connectivity index (χ1) is 10.2. The lowest BCUT2D eigenvalue weighted by Gasteiger charge is -2.30. The van der Waals surface area contributed by atoms with E-state index in [-0.39, 0.29) is 11.5 Å². The average Bonchev–Trinajstić information content (AvgIpc) is 2.48. The Bertz CT molecular complexity index is 710. The maximum absolute atomic E-state index is 11.5. The first-order valence-corrected chi connectivity index (χ1v) is 6.56. The van der Waals surface area contributed by atoms with Crippen LogP contribution in [0.5, 0.6) is 0 Å². The van der Waals surface area contributed by atoms with Gasteiger partial charge in [0.1, 0.15) is 0 Å². The van der Waals surface area contributed by atoms with Gasteiger partial charge < -0.3 is 15.1 Å². The molecule has 2 N–H and O–H groups in total. The molecule has 0 unspecified atom stereocenters. The van der Waals surface area contributed by atoms with E-state index < -0.39 is 5.97 Å². The highest BCUT2D eigenvalue weighted by Gasteiger charge is 2.29. The van der Waals surface area contributed by atoms with E-state index in [4.69, 9.17) is 0 Å². The molecule has 3 rings (SSSR count). The summed E-state index contributed by atoms with van der Waals surface area (Å²) in [4.78, 5) is 17.3. The summed E-state index contributed by atoms with van der Waals surface area (Å²) < 4.78 is 0. The van der Waals surface area contributed by atoms with Gasteiger partial charge in [0.2, 0.25) is 0 Å². The molecular formula is C16H14N2O3. The Hall–Kier alpha value is -2.82. The maximum Gasteiger partial charge on any atom is 0.356 e. The second kappa shape index (κ2) is 5.28. The van der Waals surface area contributed by atoms with Gasteiger partial charge in [-0.2, -0.15) is 0 Å². The van der Waals surface area contributed by atoms with Gasteiger partial charge in [-0.3, -0.25) is 4.98 Å². The molecule has 0 amide bonds. The van der Waals surface area contributed by atoms with E-state index in [0.717, 1.165) is 5.56 Å². The second-order valence-corrected chi connectivity index (χ2v) is 4.84. The number of carboxylic acids is 1. The molecule has 1 aliphatic rings. The Labute approximate surface area is 121 Å². The van der Waals surface area contributed by atoms with Crippen LogP contribution < -0.4 is 0 Å². The predicted molar refractivity (Wildman–Crippen MR) is 77.1 cm³/mol. The molecule has 1 aromatic heterocycles. The number of aliphatic hydroxyl groups is 1. The number of carboxylic acid groups (broad SMARTS) is 1. The fraction of sp³-hybridized carbons (Fsp3) is 0.125. The molecule has 0 radical (unpaired) electrons. The molecule has 0 saturated heterocycles. The highest BCUT2D eigenvalue weighted by molar-refractivity contribution is 5.94. The number of aliphatic carboxylic acids is 1. The van der Waals surface area contributed by atoms with Crippen LogP contribution in [0.1, 0.15) is 16.8 Å². The summed E-state index contributed by atoms with van der Waals surface area (Å²) in [5.41, 5.74) is 2.05. The molecule has 1 aromatic carbocycles. The number of nitrogens with zero attached hydrogens (tertiary/aromatic N) is 2. The molecule has 0 saturated carbocycles. The van der Waals surface area contributed by atoms with Crippen molar-refractivity contribution in [1.82, 2.24) is 9.88 Å². The number of fused-ring (bicyclic) bond motifs is 1. The molecule has 2 heterocycles. The van der Waals surface area contributed by atoms with Gasteiger partial charge in [-0.15, -0.1) is 0 Å². The summed E-state index contributed by atoms with van der Waals surface area (Å²) in [5, 5.41) is 19.7. The van der Waals surface area contributed by atoms with Crippen molar-refractivity contribution in [3.8, 4) is 0 Å². The lowest BCUT2D eigenvalue weighted by molar-refractivity contribution is -0.134. The molecule has 106 valence electrons. The van der Waals surface area contributed by atoms with Gasteiger partial charge in [0.05, 0.1) is 12.2 Å². The highest BCUT2D eigenvalue weighted by atomic mass is 16.4. The van der Waals surface area contributed by atoms with Gasteiger partial charge in [-0.1, -0.05) is 30.3 Å². The van der Waals surface area contributed by atoms with E-state index in [1.807, 2.05) is 30.3 Å². The molecule has 0 aliphatic carbocycles. The number of aromatic nitrogens is 1. The third-order valence-corrected chi connectivity index (χ3v) is 3.45. The van der Waals surface area contributed by atoms with Crippen molar-refractivity contribution in [2.75, 3.05) is 0 Å². The number of aliphatic hydroxyl groups excluding tert-OH is 1. The van der Waals surface area contributed by atoms with Gasteiger partial charge in [-0.25, -0.2) is 4.79 Å². The van der Waals surface area contributed by atoms with Crippen molar-refractivity contribution in [3.63, 3.8) is 0 Å². The molecule has 0 spiro atoms. The Balaban J connectivity index is 2.02. The van der Waals surface area contributed by atoms with Crippen LogP contribution in [0.25, 0.3) is 5.76 Å². The largest absolute Gasteiger partial charge is 0.505 e. The Morgan fingerprint density at radius 3 is 2.67 bits per heavy atom. The van der Waals surface area contributed by atoms with Crippen LogP contribution in [-0.4, -0.2) is 26.1 Å². The normalized spacial score (nSPS) is 14.0. The molecule has 21 heavy (non-hydrogen) atoms. The average molecular weight is 282 g/mol. The van der Waals surface area contributed by atoms with Crippen molar-refractivity contribution >= 4 is 11.7 Å². The molecule has 5 nitrogen and oxygen atoms in total. The zero-order chi connectivity index (χ0) is 14.8. The van der Waals surface area contributed by atoms with Gasteiger partial charge in [0, 0.05) is 18.3 Å². The summed E-state index contributed by atoms with van der Waals surface area (Å²) in [6, 6.07) is 12.9. The van der Waals surface area contributed by atoms with Crippen LogP contribution in [0, 0.1) is 0 Å². The van der Waals surface area contributed by atoms with Crippen LogP contribution in [-0.2, 0) is 17.9 Å². The van der Waals surface area contributed by atoms with Gasteiger partial charge in [0.15, 0.2) is 11.5 Å². The molecular weight excluding hydrogens is 268 g/mol. The third kappa shape index (κ3) is 2.45. The molecule has 5 heteroatoms. The van der Waals surface area contributed by atoms with E-state index in [0.29, 0.717) is 24.3 Å². The summed E-state index contributed by atoms with van der Waals surface area (Å²) in [5.74, 6) is -1.37. The van der Waals surface area contributed by atoms with Crippen molar-refractivity contribution in [2.45, 2.75) is 13.1 Å². The number of hydrogen-bond acceptors (Lipinski definition) is 4. The minimum absolute atomic E-state index is 0.0839. The minimum Gasteiger partial charge on any atom is -0.505 e. The lowest BCUT2D eigenvalue weighted by Crippen LogP contribution is -2.32. The molecule has 0 bridgehead atoms. The van der Waals surface area contributed by atoms with Crippen molar-refractivity contribution in [2.24, 2.45) is 0 Å². The first kappa shape index (κ1) is 13.2. The quantitative estimate of drug-likeness (QED) is 0.904. The zero-order valence-electron chi connectivity index (χ0n) is 11.2. The molecule has 0 fully saturated rings. The monoisotopic (exact) mass is 282 g/mol. The van der Waals surface area contributed by atoms with E-state index in [2.05, 4.69) is 4.98 Å².